The molecule has 0 radical (unpaired) electrons. The molecule has 0 fully saturated rings. The van der Waals surface area contributed by atoms with E-state index in [0.29, 0.717) is 11.8 Å². The number of hydrogen-bond donors (Lipinski definition) is 3. The summed E-state index contributed by atoms with van der Waals surface area (Å²) in [7, 11) is 0. The van der Waals surface area contributed by atoms with Crippen LogP contribution >= 0.6 is 0 Å². The maximum absolute atomic E-state index is 14.1. The van der Waals surface area contributed by atoms with E-state index in [1.165, 1.54) is 30.7 Å². The molecule has 0 atom stereocenters. The van der Waals surface area contributed by atoms with Crippen molar-refractivity contribution in [3.05, 3.63) is 82.7 Å². The Morgan fingerprint density at radius 1 is 1.00 bits per heavy atom. The first-order valence-corrected chi connectivity index (χ1v) is 9.31. The van der Waals surface area contributed by atoms with Crippen LogP contribution in [0.5, 0.6) is 0 Å². The zero-order valence-corrected chi connectivity index (χ0v) is 16.5. The third-order valence-electron chi connectivity index (χ3n) is 4.66. The van der Waals surface area contributed by atoms with Crippen LogP contribution in [0, 0.1) is 5.82 Å². The highest BCUT2D eigenvalue weighted by Gasteiger charge is 2.35. The lowest BCUT2D eigenvalue weighted by Crippen LogP contribution is -2.21. The Labute approximate surface area is 182 Å². The van der Waals surface area contributed by atoms with Crippen LogP contribution in [0.15, 0.2) is 65.8 Å². The fraction of sp³-hybridized carbons (Fsp3) is 0.0476. The molecule has 2 amide bonds. The third kappa shape index (κ3) is 4.31. The van der Waals surface area contributed by atoms with E-state index in [1.807, 2.05) is 0 Å². The number of nitrogens with one attached hydrogen (secondary N) is 2. The van der Waals surface area contributed by atoms with Gasteiger partial charge in [-0.25, -0.2) is 19.2 Å². The second kappa shape index (κ2) is 8.22. The van der Waals surface area contributed by atoms with Gasteiger partial charge in [0.05, 0.1) is 11.3 Å². The monoisotopic (exact) mass is 458 g/mol. The summed E-state index contributed by atoms with van der Waals surface area (Å²) in [6, 6.07) is 9.17. The maximum atomic E-state index is 14.1. The first-order chi connectivity index (χ1) is 15.6. The summed E-state index contributed by atoms with van der Waals surface area (Å²) < 4.78 is 54.2. The number of rotatable bonds is 3. The topological polar surface area (TPSA) is 115 Å². The molecule has 0 spiro atoms. The fourth-order valence-electron chi connectivity index (χ4n) is 3.15. The summed E-state index contributed by atoms with van der Waals surface area (Å²) in [6.45, 7) is 0. The fourth-order valence-corrected chi connectivity index (χ4v) is 3.15. The molecule has 0 aliphatic heterocycles. The van der Waals surface area contributed by atoms with Gasteiger partial charge in [0.25, 0.3) is 0 Å². The van der Waals surface area contributed by atoms with Crippen molar-refractivity contribution in [2.75, 3.05) is 16.4 Å². The van der Waals surface area contributed by atoms with Crippen molar-refractivity contribution in [2.45, 2.75) is 6.18 Å². The van der Waals surface area contributed by atoms with E-state index in [-0.39, 0.29) is 28.0 Å². The molecule has 2 aromatic heterocycles. The number of amides is 2. The van der Waals surface area contributed by atoms with Gasteiger partial charge in [-0.05, 0) is 36.4 Å². The third-order valence-corrected chi connectivity index (χ3v) is 4.66. The maximum Gasteiger partial charge on any atom is 0.419 e. The van der Waals surface area contributed by atoms with Crippen molar-refractivity contribution >= 4 is 34.3 Å². The van der Waals surface area contributed by atoms with Crippen molar-refractivity contribution in [3.8, 4) is 5.69 Å². The number of pyridine rings is 1. The summed E-state index contributed by atoms with van der Waals surface area (Å²) in [5.41, 5.74) is 4.49. The smallest absolute Gasteiger partial charge is 0.383 e. The molecule has 0 unspecified atom stereocenters. The quantitative estimate of drug-likeness (QED) is 0.399. The molecule has 2 heterocycles. The van der Waals surface area contributed by atoms with Gasteiger partial charge >= 0.3 is 12.2 Å². The lowest BCUT2D eigenvalue weighted by molar-refractivity contribution is -0.139. The molecule has 4 N–H and O–H groups in total. The predicted molar refractivity (Wildman–Crippen MR) is 114 cm³/mol. The van der Waals surface area contributed by atoms with Crippen LogP contribution in [0.2, 0.25) is 0 Å². The Hall–Kier alpha value is -4.48. The summed E-state index contributed by atoms with van der Waals surface area (Å²) in [5.74, 6) is -1.54. The number of carbonyl (C=O) groups is 1. The molecule has 0 bridgehead atoms. The minimum Gasteiger partial charge on any atom is -0.383 e. The summed E-state index contributed by atoms with van der Waals surface area (Å²) in [6.07, 6.45) is -2.17. The molecular weight excluding hydrogens is 444 g/mol. The van der Waals surface area contributed by atoms with Crippen molar-refractivity contribution in [3.63, 3.8) is 0 Å². The number of alkyl halides is 3. The number of anilines is 3. The standard InChI is InChI=1S/C21H14F4N6O2/c22-17-13(21(23,24)25)2-1-3-14(17)30-20(33)29-11-4-6-12(7-5-11)31-9-8-15(32)16-18(26)27-10-28-19(16)31/h1-10H,(H2,26,27,28)(H2,29,30,33). The zero-order chi connectivity index (χ0) is 23.8. The van der Waals surface area contributed by atoms with Crippen molar-refractivity contribution in [2.24, 2.45) is 0 Å². The number of nitrogens with two attached hydrogens (primary N) is 1. The van der Waals surface area contributed by atoms with E-state index in [9.17, 15) is 27.2 Å². The molecule has 0 saturated heterocycles. The average Bonchev–Trinajstić information content (AvgIpc) is 2.75. The molecule has 2 aromatic carbocycles. The molecule has 4 aromatic rings. The largest absolute Gasteiger partial charge is 0.419 e. The number of carbonyl (C=O) groups excluding carboxylic acids is 1. The van der Waals surface area contributed by atoms with Crippen LogP contribution in [-0.4, -0.2) is 20.6 Å². The van der Waals surface area contributed by atoms with Gasteiger partial charge in [-0.2, -0.15) is 13.2 Å². The van der Waals surface area contributed by atoms with Crippen molar-refractivity contribution in [1.82, 2.24) is 14.5 Å². The van der Waals surface area contributed by atoms with Crippen LogP contribution < -0.4 is 21.8 Å². The lowest BCUT2D eigenvalue weighted by Gasteiger charge is -2.13. The van der Waals surface area contributed by atoms with Gasteiger partial charge in [-0.1, -0.05) is 6.07 Å². The highest BCUT2D eigenvalue weighted by molar-refractivity contribution is 6.00. The number of fused-ring (bicyclic) bond motifs is 1. The highest BCUT2D eigenvalue weighted by Crippen LogP contribution is 2.34. The number of urea groups is 1. The van der Waals surface area contributed by atoms with Gasteiger partial charge in [0, 0.05) is 23.6 Å². The normalized spacial score (nSPS) is 11.4. The molecule has 0 aliphatic carbocycles. The lowest BCUT2D eigenvalue weighted by atomic mass is 10.2. The van der Waals surface area contributed by atoms with Crippen molar-refractivity contribution in [1.29, 1.82) is 0 Å². The predicted octanol–water partition coefficient (Wildman–Crippen LogP) is 4.16. The van der Waals surface area contributed by atoms with Gasteiger partial charge in [0.1, 0.15) is 17.5 Å². The first-order valence-electron chi connectivity index (χ1n) is 9.31. The number of nitrogens with zero attached hydrogens (tertiary/aromatic N) is 3. The second-order valence-electron chi connectivity index (χ2n) is 6.80. The van der Waals surface area contributed by atoms with Gasteiger partial charge in [0.15, 0.2) is 16.9 Å². The number of benzene rings is 2. The summed E-state index contributed by atoms with van der Waals surface area (Å²) >= 11 is 0. The van der Waals surface area contributed by atoms with E-state index in [2.05, 4.69) is 20.6 Å². The zero-order valence-electron chi connectivity index (χ0n) is 16.5. The van der Waals surface area contributed by atoms with Gasteiger partial charge < -0.3 is 20.9 Å². The minimum absolute atomic E-state index is 0.0381. The number of nitrogen functional groups attached to an aromatic ring is 1. The van der Waals surface area contributed by atoms with Crippen LogP contribution in [-0.2, 0) is 6.18 Å². The van der Waals surface area contributed by atoms with Gasteiger partial charge in [0.2, 0.25) is 0 Å². The van der Waals surface area contributed by atoms with Crippen LogP contribution in [0.3, 0.4) is 0 Å². The SMILES string of the molecule is Nc1ncnc2c1c(=O)ccn2-c1ccc(NC(=O)Nc2cccc(C(F)(F)F)c2F)cc1. The molecule has 0 saturated carbocycles. The molecule has 4 rings (SSSR count). The van der Waals surface area contributed by atoms with E-state index in [1.54, 1.807) is 16.7 Å². The Balaban J connectivity index is 1.54. The summed E-state index contributed by atoms with van der Waals surface area (Å²) in [4.78, 5) is 32.2. The van der Waals surface area contributed by atoms with Gasteiger partial charge in [-0.15, -0.1) is 0 Å². The Morgan fingerprint density at radius 3 is 2.42 bits per heavy atom. The summed E-state index contributed by atoms with van der Waals surface area (Å²) in [5, 5.41) is 4.62. The van der Waals surface area contributed by atoms with E-state index >= 15 is 0 Å². The van der Waals surface area contributed by atoms with Crippen molar-refractivity contribution < 1.29 is 22.4 Å². The molecule has 168 valence electrons. The number of aromatic nitrogens is 3. The molecule has 0 aliphatic rings. The Bertz CT molecular complexity index is 1420. The average molecular weight is 458 g/mol. The Kier molecular flexibility index (Phi) is 5.42. The Morgan fingerprint density at radius 2 is 1.73 bits per heavy atom. The first kappa shape index (κ1) is 21.7. The molecule has 8 nitrogen and oxygen atoms in total. The van der Waals surface area contributed by atoms with Gasteiger partial charge in [-0.3, -0.25) is 4.79 Å². The molecule has 12 heteroatoms. The molecular formula is C21H14F4N6O2. The second-order valence-corrected chi connectivity index (χ2v) is 6.80. The van der Waals surface area contributed by atoms with E-state index in [0.717, 1.165) is 12.1 Å². The van der Waals surface area contributed by atoms with Crippen LogP contribution in [0.4, 0.5) is 39.5 Å². The highest BCUT2D eigenvalue weighted by atomic mass is 19.4. The molecule has 33 heavy (non-hydrogen) atoms. The number of halogens is 4. The number of hydrogen-bond acceptors (Lipinski definition) is 5. The van der Waals surface area contributed by atoms with E-state index < -0.39 is 29.3 Å². The van der Waals surface area contributed by atoms with E-state index in [4.69, 9.17) is 5.73 Å². The van der Waals surface area contributed by atoms with Crippen LogP contribution in [0.1, 0.15) is 5.56 Å². The van der Waals surface area contributed by atoms with Crippen LogP contribution in [0.25, 0.3) is 16.7 Å². The minimum atomic E-state index is -4.89.